The SMILES string of the molecule is CC(C)CCc1c(Cl)n(-c2ccccc2)c(=O)n1Cc1ccc(-c2ccccc2C(=O)O)cc1. The second-order valence-corrected chi connectivity index (χ2v) is 9.12. The van der Waals surface area contributed by atoms with Gasteiger partial charge in [0.15, 0.2) is 0 Å². The zero-order valence-corrected chi connectivity index (χ0v) is 20.0. The van der Waals surface area contributed by atoms with Crippen molar-refractivity contribution in [2.24, 2.45) is 5.92 Å². The predicted molar refractivity (Wildman–Crippen MR) is 136 cm³/mol. The average Bonchev–Trinajstić information content (AvgIpc) is 3.07. The molecule has 174 valence electrons. The molecule has 34 heavy (non-hydrogen) atoms. The molecule has 0 amide bonds. The summed E-state index contributed by atoms with van der Waals surface area (Å²) in [6, 6.07) is 24.0. The lowest BCUT2D eigenvalue weighted by Gasteiger charge is -2.11. The van der Waals surface area contributed by atoms with Gasteiger partial charge in [-0.2, -0.15) is 0 Å². The first-order chi connectivity index (χ1) is 16.4. The minimum Gasteiger partial charge on any atom is -0.478 e. The summed E-state index contributed by atoms with van der Waals surface area (Å²) in [6.07, 6.45) is 1.62. The number of imidazole rings is 1. The van der Waals surface area contributed by atoms with E-state index in [1.54, 1.807) is 27.3 Å². The van der Waals surface area contributed by atoms with Gasteiger partial charge in [0, 0.05) is 0 Å². The Bertz CT molecular complexity index is 1350. The first-order valence-electron chi connectivity index (χ1n) is 11.3. The monoisotopic (exact) mass is 474 g/mol. The maximum absolute atomic E-state index is 13.4. The second kappa shape index (κ2) is 10.1. The van der Waals surface area contributed by atoms with E-state index in [-0.39, 0.29) is 11.3 Å². The highest BCUT2D eigenvalue weighted by Gasteiger charge is 2.20. The lowest BCUT2D eigenvalue weighted by atomic mass is 9.98. The van der Waals surface area contributed by atoms with E-state index in [4.69, 9.17) is 11.6 Å². The third-order valence-corrected chi connectivity index (χ3v) is 6.31. The Morgan fingerprint density at radius 3 is 2.24 bits per heavy atom. The number of hydrogen-bond donors (Lipinski definition) is 1. The summed E-state index contributed by atoms with van der Waals surface area (Å²) in [5.41, 5.74) is 4.06. The molecule has 0 saturated heterocycles. The van der Waals surface area contributed by atoms with Crippen LogP contribution >= 0.6 is 11.6 Å². The molecule has 0 aliphatic rings. The highest BCUT2D eigenvalue weighted by molar-refractivity contribution is 6.30. The molecule has 0 spiro atoms. The van der Waals surface area contributed by atoms with Gasteiger partial charge in [0.25, 0.3) is 0 Å². The quantitative estimate of drug-likeness (QED) is 0.326. The number of aromatic nitrogens is 2. The van der Waals surface area contributed by atoms with E-state index in [0.29, 0.717) is 29.6 Å². The Labute approximate surface area is 203 Å². The second-order valence-electron chi connectivity index (χ2n) is 8.76. The standard InChI is InChI=1S/C28H27ClN2O3/c1-19(2)12-17-25-26(29)31(22-8-4-3-5-9-22)28(34)30(25)18-20-13-15-21(16-14-20)23-10-6-7-11-24(23)27(32)33/h3-11,13-16,19H,12,17-18H2,1-2H3,(H,32,33). The minimum atomic E-state index is -0.960. The van der Waals surface area contributed by atoms with Crippen LogP contribution in [0.15, 0.2) is 83.7 Å². The molecule has 1 heterocycles. The van der Waals surface area contributed by atoms with Gasteiger partial charge in [-0.15, -0.1) is 0 Å². The Balaban J connectivity index is 1.71. The molecule has 6 heteroatoms. The topological polar surface area (TPSA) is 64.2 Å². The molecule has 0 atom stereocenters. The van der Waals surface area contributed by atoms with Crippen LogP contribution < -0.4 is 5.69 Å². The third kappa shape index (κ3) is 4.85. The van der Waals surface area contributed by atoms with Crippen molar-refractivity contribution in [2.75, 3.05) is 0 Å². The fraction of sp³-hybridized carbons (Fsp3) is 0.214. The molecule has 1 N–H and O–H groups in total. The summed E-state index contributed by atoms with van der Waals surface area (Å²) in [4.78, 5) is 25.0. The van der Waals surface area contributed by atoms with Gasteiger partial charge in [-0.05, 0) is 53.6 Å². The number of carbonyl (C=O) groups is 1. The number of carboxylic acids is 1. The summed E-state index contributed by atoms with van der Waals surface area (Å²) < 4.78 is 3.31. The number of hydrogen-bond acceptors (Lipinski definition) is 2. The van der Waals surface area contributed by atoms with Crippen LogP contribution in [-0.2, 0) is 13.0 Å². The summed E-state index contributed by atoms with van der Waals surface area (Å²) in [5.74, 6) is -0.480. The van der Waals surface area contributed by atoms with E-state index in [1.165, 1.54) is 0 Å². The summed E-state index contributed by atoms with van der Waals surface area (Å²) >= 11 is 6.76. The average molecular weight is 475 g/mol. The van der Waals surface area contributed by atoms with E-state index in [9.17, 15) is 14.7 Å². The fourth-order valence-electron chi connectivity index (χ4n) is 4.08. The zero-order valence-electron chi connectivity index (χ0n) is 19.2. The molecule has 0 bridgehead atoms. The first kappa shape index (κ1) is 23.6. The molecule has 0 saturated carbocycles. The summed E-state index contributed by atoms with van der Waals surface area (Å²) in [5, 5.41) is 9.94. The van der Waals surface area contributed by atoms with E-state index < -0.39 is 5.97 Å². The largest absolute Gasteiger partial charge is 0.478 e. The maximum atomic E-state index is 13.4. The Morgan fingerprint density at radius 2 is 1.59 bits per heavy atom. The smallest absolute Gasteiger partial charge is 0.336 e. The van der Waals surface area contributed by atoms with E-state index in [2.05, 4.69) is 13.8 Å². The number of para-hydroxylation sites is 1. The molecule has 5 nitrogen and oxygen atoms in total. The Hall–Kier alpha value is -3.57. The van der Waals surface area contributed by atoms with Gasteiger partial charge in [0.05, 0.1) is 23.5 Å². The van der Waals surface area contributed by atoms with Gasteiger partial charge in [-0.25, -0.2) is 9.59 Å². The van der Waals surface area contributed by atoms with Crippen molar-refractivity contribution in [3.63, 3.8) is 0 Å². The van der Waals surface area contributed by atoms with Crippen molar-refractivity contribution in [1.29, 1.82) is 0 Å². The number of rotatable bonds is 8. The molecule has 0 aliphatic carbocycles. The molecule has 0 radical (unpaired) electrons. The molecule has 4 aromatic rings. The number of aromatic carboxylic acids is 1. The maximum Gasteiger partial charge on any atom is 0.336 e. The van der Waals surface area contributed by atoms with Gasteiger partial charge in [0.2, 0.25) is 0 Å². The fourth-order valence-corrected chi connectivity index (χ4v) is 4.45. The van der Waals surface area contributed by atoms with Crippen LogP contribution in [0.5, 0.6) is 0 Å². The van der Waals surface area contributed by atoms with Crippen molar-refractivity contribution >= 4 is 17.6 Å². The molecule has 0 aliphatic heterocycles. The lowest BCUT2D eigenvalue weighted by molar-refractivity contribution is 0.0697. The van der Waals surface area contributed by atoms with E-state index in [0.717, 1.165) is 28.9 Å². The van der Waals surface area contributed by atoms with Crippen molar-refractivity contribution in [1.82, 2.24) is 9.13 Å². The normalized spacial score (nSPS) is 11.2. The molecular formula is C28H27ClN2O3. The van der Waals surface area contributed by atoms with Crippen LogP contribution in [0.2, 0.25) is 5.15 Å². The molecule has 3 aromatic carbocycles. The zero-order chi connectivity index (χ0) is 24.2. The van der Waals surface area contributed by atoms with E-state index >= 15 is 0 Å². The van der Waals surface area contributed by atoms with E-state index in [1.807, 2.05) is 60.7 Å². The predicted octanol–water partition coefficient (Wildman–Crippen LogP) is 6.29. The minimum absolute atomic E-state index is 0.171. The third-order valence-electron chi connectivity index (χ3n) is 5.92. The van der Waals surface area contributed by atoms with Crippen LogP contribution in [0.3, 0.4) is 0 Å². The molecule has 1 aromatic heterocycles. The van der Waals surface area contributed by atoms with Crippen LogP contribution in [0.4, 0.5) is 0 Å². The summed E-state index contributed by atoms with van der Waals surface area (Å²) in [7, 11) is 0. The van der Waals surface area contributed by atoms with Gasteiger partial charge in [-0.1, -0.05) is 86.1 Å². The van der Waals surface area contributed by atoms with Gasteiger partial charge in [0.1, 0.15) is 5.15 Å². The Kier molecular flexibility index (Phi) is 7.03. The molecular weight excluding hydrogens is 448 g/mol. The number of benzene rings is 3. The molecule has 0 fully saturated rings. The van der Waals surface area contributed by atoms with Crippen molar-refractivity contribution < 1.29 is 9.90 Å². The van der Waals surface area contributed by atoms with Gasteiger partial charge < -0.3 is 5.11 Å². The Morgan fingerprint density at radius 1 is 0.941 bits per heavy atom. The number of nitrogens with zero attached hydrogens (tertiary/aromatic N) is 2. The highest BCUT2D eigenvalue weighted by Crippen LogP contribution is 2.26. The highest BCUT2D eigenvalue weighted by atomic mass is 35.5. The van der Waals surface area contributed by atoms with Crippen molar-refractivity contribution in [3.05, 3.63) is 111 Å². The van der Waals surface area contributed by atoms with Crippen molar-refractivity contribution in [3.8, 4) is 16.8 Å². The van der Waals surface area contributed by atoms with Crippen LogP contribution in [0.25, 0.3) is 16.8 Å². The number of carboxylic acid groups (broad SMARTS) is 1. The first-order valence-corrected chi connectivity index (χ1v) is 11.7. The molecule has 4 rings (SSSR count). The van der Waals surface area contributed by atoms with Crippen LogP contribution in [0.1, 0.15) is 41.9 Å². The van der Waals surface area contributed by atoms with Crippen LogP contribution in [0, 0.1) is 5.92 Å². The number of halogens is 1. The van der Waals surface area contributed by atoms with Gasteiger partial charge in [-0.3, -0.25) is 9.13 Å². The summed E-state index contributed by atoms with van der Waals surface area (Å²) in [6.45, 7) is 4.68. The van der Waals surface area contributed by atoms with Crippen LogP contribution in [-0.4, -0.2) is 20.2 Å². The van der Waals surface area contributed by atoms with Crippen molar-refractivity contribution in [2.45, 2.75) is 33.2 Å². The van der Waals surface area contributed by atoms with Gasteiger partial charge >= 0.3 is 11.7 Å². The molecule has 0 unspecified atom stereocenters. The lowest BCUT2D eigenvalue weighted by Crippen LogP contribution is -2.25.